The van der Waals surface area contributed by atoms with Crippen LogP contribution in [-0.4, -0.2) is 66.0 Å². The van der Waals surface area contributed by atoms with Crippen molar-refractivity contribution in [2.75, 3.05) is 32.8 Å². The number of benzene rings is 2. The molecule has 0 aromatic heterocycles. The van der Waals surface area contributed by atoms with Crippen LogP contribution in [0.3, 0.4) is 0 Å². The van der Waals surface area contributed by atoms with E-state index in [1.54, 1.807) is 34.1 Å². The van der Waals surface area contributed by atoms with E-state index in [9.17, 15) is 14.4 Å². The molecule has 150 valence electrons. The van der Waals surface area contributed by atoms with Gasteiger partial charge in [-0.25, -0.2) is 4.79 Å². The van der Waals surface area contributed by atoms with Gasteiger partial charge in [-0.15, -0.1) is 0 Å². The number of nitrogens with zero attached hydrogens (tertiary/aromatic N) is 2. The Labute approximate surface area is 169 Å². The standard InChI is InChI=1S/C22H23N3O4/c26-19(14-23-20(27)18-9-5-2-6-10-18)24-11-12-25-21(28)29-16-22(25,15-24)13-17-7-3-1-4-8-17/h1-10H,11-16H2,(H,23,27). The highest BCUT2D eigenvalue weighted by Crippen LogP contribution is 2.32. The number of rotatable bonds is 5. The molecule has 1 unspecified atom stereocenters. The molecule has 1 N–H and O–H groups in total. The lowest BCUT2D eigenvalue weighted by molar-refractivity contribution is -0.134. The highest BCUT2D eigenvalue weighted by Gasteiger charge is 2.51. The Morgan fingerprint density at radius 2 is 1.69 bits per heavy atom. The van der Waals surface area contributed by atoms with Crippen molar-refractivity contribution in [2.24, 2.45) is 0 Å². The zero-order valence-corrected chi connectivity index (χ0v) is 16.0. The maximum Gasteiger partial charge on any atom is 0.410 e. The summed E-state index contributed by atoms with van der Waals surface area (Å²) < 4.78 is 5.34. The summed E-state index contributed by atoms with van der Waals surface area (Å²) >= 11 is 0. The van der Waals surface area contributed by atoms with Crippen molar-refractivity contribution in [1.29, 1.82) is 0 Å². The molecule has 7 nitrogen and oxygen atoms in total. The van der Waals surface area contributed by atoms with Crippen molar-refractivity contribution < 1.29 is 19.1 Å². The van der Waals surface area contributed by atoms with Gasteiger partial charge in [-0.05, 0) is 17.7 Å². The van der Waals surface area contributed by atoms with Gasteiger partial charge in [-0.2, -0.15) is 0 Å². The summed E-state index contributed by atoms with van der Waals surface area (Å²) in [6.07, 6.45) is 0.283. The van der Waals surface area contributed by atoms with Gasteiger partial charge in [0.05, 0.1) is 6.54 Å². The highest BCUT2D eigenvalue weighted by molar-refractivity contribution is 5.96. The first-order valence-electron chi connectivity index (χ1n) is 9.67. The minimum absolute atomic E-state index is 0.0794. The van der Waals surface area contributed by atoms with E-state index in [2.05, 4.69) is 5.32 Å². The Morgan fingerprint density at radius 3 is 2.41 bits per heavy atom. The predicted molar refractivity (Wildman–Crippen MR) is 106 cm³/mol. The van der Waals surface area contributed by atoms with Crippen LogP contribution in [0, 0.1) is 0 Å². The number of cyclic esters (lactones) is 1. The topological polar surface area (TPSA) is 79.0 Å². The van der Waals surface area contributed by atoms with Crippen molar-refractivity contribution in [3.05, 3.63) is 71.8 Å². The molecular formula is C22H23N3O4. The molecule has 2 aromatic rings. The lowest BCUT2D eigenvalue weighted by atomic mass is 9.88. The van der Waals surface area contributed by atoms with Crippen molar-refractivity contribution >= 4 is 17.9 Å². The summed E-state index contributed by atoms with van der Waals surface area (Å²) in [5.74, 6) is -0.448. The summed E-state index contributed by atoms with van der Waals surface area (Å²) in [5, 5.41) is 2.68. The summed E-state index contributed by atoms with van der Waals surface area (Å²) in [4.78, 5) is 40.6. The molecule has 2 fully saturated rings. The summed E-state index contributed by atoms with van der Waals surface area (Å²) in [6, 6.07) is 18.7. The Morgan fingerprint density at radius 1 is 1.00 bits per heavy atom. The number of amides is 3. The van der Waals surface area contributed by atoms with Gasteiger partial charge in [0.25, 0.3) is 5.91 Å². The maximum absolute atomic E-state index is 12.8. The molecule has 29 heavy (non-hydrogen) atoms. The second kappa shape index (κ2) is 7.95. The number of ether oxygens (including phenoxy) is 1. The fourth-order valence-electron chi connectivity index (χ4n) is 4.01. The van der Waals surface area contributed by atoms with Gasteiger partial charge in [-0.3, -0.25) is 14.5 Å². The van der Waals surface area contributed by atoms with E-state index in [0.29, 0.717) is 31.6 Å². The van der Waals surface area contributed by atoms with Crippen molar-refractivity contribution in [3.63, 3.8) is 0 Å². The second-order valence-corrected chi connectivity index (χ2v) is 7.46. The third-order valence-electron chi connectivity index (χ3n) is 5.50. The average molecular weight is 393 g/mol. The van der Waals surface area contributed by atoms with Gasteiger partial charge in [0.1, 0.15) is 12.1 Å². The molecule has 2 aromatic carbocycles. The lowest BCUT2D eigenvalue weighted by Crippen LogP contribution is -2.64. The molecule has 4 rings (SSSR count). The van der Waals surface area contributed by atoms with E-state index >= 15 is 0 Å². The second-order valence-electron chi connectivity index (χ2n) is 7.46. The number of piperazine rings is 1. The van der Waals surface area contributed by atoms with Crippen LogP contribution >= 0.6 is 0 Å². The Hall–Kier alpha value is -3.35. The fourth-order valence-corrected chi connectivity index (χ4v) is 4.01. The number of hydrogen-bond donors (Lipinski definition) is 1. The molecule has 0 saturated carbocycles. The molecule has 2 saturated heterocycles. The number of carbonyl (C=O) groups excluding carboxylic acids is 3. The van der Waals surface area contributed by atoms with Gasteiger partial charge in [0.2, 0.25) is 5.91 Å². The minimum atomic E-state index is -0.574. The SMILES string of the molecule is O=C(NCC(=O)N1CCN2C(=O)OCC2(Cc2ccccc2)C1)c1ccccc1. The zero-order valence-electron chi connectivity index (χ0n) is 16.0. The van der Waals surface area contributed by atoms with Crippen LogP contribution in [0.4, 0.5) is 4.79 Å². The normalized spacial score (nSPS) is 20.8. The molecule has 7 heteroatoms. The predicted octanol–water partition coefficient (Wildman–Crippen LogP) is 1.69. The Bertz CT molecular complexity index is 903. The number of nitrogens with one attached hydrogen (secondary N) is 1. The van der Waals surface area contributed by atoms with Crippen LogP contribution in [0.25, 0.3) is 0 Å². The minimum Gasteiger partial charge on any atom is -0.447 e. The molecule has 0 radical (unpaired) electrons. The molecular weight excluding hydrogens is 370 g/mol. The highest BCUT2D eigenvalue weighted by atomic mass is 16.6. The average Bonchev–Trinajstić information content (AvgIpc) is 3.08. The van der Waals surface area contributed by atoms with Crippen molar-refractivity contribution in [1.82, 2.24) is 15.1 Å². The monoisotopic (exact) mass is 393 g/mol. The first kappa shape index (κ1) is 19.0. The summed E-state index contributed by atoms with van der Waals surface area (Å²) in [6.45, 7) is 1.40. The molecule has 2 heterocycles. The van der Waals surface area contributed by atoms with Gasteiger partial charge >= 0.3 is 6.09 Å². The number of hydrogen-bond acceptors (Lipinski definition) is 4. The fraction of sp³-hybridized carbons (Fsp3) is 0.318. The quantitative estimate of drug-likeness (QED) is 0.839. The van der Waals surface area contributed by atoms with E-state index in [-0.39, 0.29) is 31.1 Å². The molecule has 2 aliphatic rings. The van der Waals surface area contributed by atoms with E-state index in [1.165, 1.54) is 0 Å². The Balaban J connectivity index is 1.43. The molecule has 3 amide bonds. The van der Waals surface area contributed by atoms with Crippen LogP contribution in [-0.2, 0) is 16.0 Å². The first-order valence-corrected chi connectivity index (χ1v) is 9.67. The van der Waals surface area contributed by atoms with Crippen LogP contribution in [0.5, 0.6) is 0 Å². The smallest absolute Gasteiger partial charge is 0.410 e. The van der Waals surface area contributed by atoms with Crippen molar-refractivity contribution in [3.8, 4) is 0 Å². The third kappa shape index (κ3) is 3.94. The van der Waals surface area contributed by atoms with Gasteiger partial charge in [0.15, 0.2) is 0 Å². The van der Waals surface area contributed by atoms with Crippen molar-refractivity contribution in [2.45, 2.75) is 12.0 Å². The molecule has 0 aliphatic carbocycles. The summed E-state index contributed by atoms with van der Waals surface area (Å²) in [5.41, 5.74) is 1.03. The van der Waals surface area contributed by atoms with E-state index in [4.69, 9.17) is 4.74 Å². The summed E-state index contributed by atoms with van der Waals surface area (Å²) in [7, 11) is 0. The van der Waals surface area contributed by atoms with Gasteiger partial charge in [-0.1, -0.05) is 48.5 Å². The number of carbonyl (C=O) groups is 3. The zero-order chi connectivity index (χ0) is 20.3. The molecule has 1 atom stereocenters. The number of fused-ring (bicyclic) bond motifs is 1. The van der Waals surface area contributed by atoms with E-state index in [1.807, 2.05) is 36.4 Å². The van der Waals surface area contributed by atoms with Crippen LogP contribution in [0.2, 0.25) is 0 Å². The molecule has 0 spiro atoms. The van der Waals surface area contributed by atoms with Crippen LogP contribution < -0.4 is 5.32 Å². The Kier molecular flexibility index (Phi) is 5.20. The van der Waals surface area contributed by atoms with Crippen LogP contribution in [0.15, 0.2) is 60.7 Å². The largest absolute Gasteiger partial charge is 0.447 e. The maximum atomic E-state index is 12.8. The first-order chi connectivity index (χ1) is 14.1. The van der Waals surface area contributed by atoms with E-state index < -0.39 is 5.54 Å². The lowest BCUT2D eigenvalue weighted by Gasteiger charge is -2.44. The van der Waals surface area contributed by atoms with Gasteiger partial charge < -0.3 is 15.0 Å². The molecule has 2 aliphatic heterocycles. The van der Waals surface area contributed by atoms with Gasteiger partial charge in [0, 0.05) is 31.6 Å². The van der Waals surface area contributed by atoms with E-state index in [0.717, 1.165) is 5.56 Å². The van der Waals surface area contributed by atoms with Crippen LogP contribution in [0.1, 0.15) is 15.9 Å². The third-order valence-corrected chi connectivity index (χ3v) is 5.50. The molecule has 0 bridgehead atoms.